The van der Waals surface area contributed by atoms with Crippen LogP contribution < -0.4 is 5.32 Å². The van der Waals surface area contributed by atoms with Gasteiger partial charge in [0.25, 0.3) is 11.6 Å². The topological polar surface area (TPSA) is 127 Å². The van der Waals surface area contributed by atoms with E-state index in [1.54, 1.807) is 0 Å². The quantitative estimate of drug-likeness (QED) is 0.604. The lowest BCUT2D eigenvalue weighted by Gasteiger charge is -2.06. The number of nitrogens with zero attached hydrogens (tertiary/aromatic N) is 4. The fraction of sp³-hybridized carbons (Fsp3) is 0.200. The lowest BCUT2D eigenvalue weighted by molar-refractivity contribution is -0.385. The second-order valence-electron chi connectivity index (χ2n) is 3.72. The number of rotatable bonds is 4. The molecule has 0 aliphatic heterocycles. The molecule has 1 aromatic heterocycles. The van der Waals surface area contributed by atoms with Crippen LogP contribution >= 0.6 is 0 Å². The summed E-state index contributed by atoms with van der Waals surface area (Å²) in [6.45, 7) is 1.62. The second-order valence-corrected chi connectivity index (χ2v) is 3.72. The minimum absolute atomic E-state index is 0.0905. The van der Waals surface area contributed by atoms with Crippen molar-refractivity contribution in [1.29, 1.82) is 0 Å². The van der Waals surface area contributed by atoms with Crippen molar-refractivity contribution in [2.45, 2.75) is 13.5 Å². The summed E-state index contributed by atoms with van der Waals surface area (Å²) in [6, 6.07) is 4.34. The molecule has 0 saturated carbocycles. The highest BCUT2D eigenvalue weighted by Gasteiger charge is 2.17. The Morgan fingerprint density at radius 3 is 2.95 bits per heavy atom. The first-order valence-electron chi connectivity index (χ1n) is 5.34. The summed E-state index contributed by atoms with van der Waals surface area (Å²) < 4.78 is 0. The van der Waals surface area contributed by atoms with Gasteiger partial charge < -0.3 is 5.32 Å². The van der Waals surface area contributed by atoms with Crippen LogP contribution in [0.3, 0.4) is 0 Å². The maximum Gasteiger partial charge on any atom is 0.273 e. The summed E-state index contributed by atoms with van der Waals surface area (Å²) in [4.78, 5) is 22.2. The smallest absolute Gasteiger partial charge is 0.273 e. The molecule has 0 fully saturated rings. The molecule has 9 heteroatoms. The number of tetrazole rings is 1. The van der Waals surface area contributed by atoms with E-state index in [0.717, 1.165) is 0 Å². The van der Waals surface area contributed by atoms with Gasteiger partial charge in [-0.05, 0) is 13.0 Å². The van der Waals surface area contributed by atoms with Crippen molar-refractivity contribution in [3.63, 3.8) is 0 Å². The molecule has 0 unspecified atom stereocenters. The number of H-pyrrole nitrogens is 1. The molecular weight excluding hydrogens is 252 g/mol. The zero-order chi connectivity index (χ0) is 13.8. The molecule has 9 nitrogen and oxygen atoms in total. The summed E-state index contributed by atoms with van der Waals surface area (Å²) in [7, 11) is 0. The number of hydrogen-bond acceptors (Lipinski definition) is 6. The number of benzene rings is 1. The van der Waals surface area contributed by atoms with Crippen LogP contribution in [-0.2, 0) is 6.54 Å². The Kier molecular flexibility index (Phi) is 3.46. The Balaban J connectivity index is 2.15. The monoisotopic (exact) mass is 262 g/mol. The van der Waals surface area contributed by atoms with E-state index in [9.17, 15) is 14.9 Å². The van der Waals surface area contributed by atoms with Crippen molar-refractivity contribution >= 4 is 11.6 Å². The van der Waals surface area contributed by atoms with E-state index in [4.69, 9.17) is 0 Å². The molecule has 1 aromatic carbocycles. The van der Waals surface area contributed by atoms with Crippen molar-refractivity contribution < 1.29 is 9.72 Å². The Labute approximate surface area is 107 Å². The minimum Gasteiger partial charge on any atom is -0.345 e. The predicted octanol–water partition coefficient (Wildman–Crippen LogP) is 0.346. The normalized spacial score (nSPS) is 10.2. The van der Waals surface area contributed by atoms with E-state index >= 15 is 0 Å². The first-order chi connectivity index (χ1) is 9.09. The number of nitro groups is 1. The van der Waals surface area contributed by atoms with Gasteiger partial charge >= 0.3 is 0 Å². The zero-order valence-corrected chi connectivity index (χ0v) is 9.95. The van der Waals surface area contributed by atoms with Crippen LogP contribution in [0.15, 0.2) is 18.2 Å². The van der Waals surface area contributed by atoms with Gasteiger partial charge in [-0.25, -0.2) is 0 Å². The third kappa shape index (κ3) is 2.70. The molecule has 1 amide bonds. The van der Waals surface area contributed by atoms with Crippen LogP contribution in [-0.4, -0.2) is 31.5 Å². The van der Waals surface area contributed by atoms with Crippen LogP contribution in [0.1, 0.15) is 21.7 Å². The number of nitrogens with one attached hydrogen (secondary N) is 2. The Morgan fingerprint density at radius 2 is 2.32 bits per heavy atom. The van der Waals surface area contributed by atoms with Crippen molar-refractivity contribution in [3.05, 3.63) is 45.3 Å². The molecule has 0 saturated heterocycles. The molecule has 0 atom stereocenters. The number of carbonyl (C=O) groups is 1. The Bertz CT molecular complexity index is 610. The fourth-order valence-electron chi connectivity index (χ4n) is 1.58. The first kappa shape index (κ1) is 12.6. The van der Waals surface area contributed by atoms with E-state index in [-0.39, 0.29) is 17.8 Å². The number of carbonyl (C=O) groups excluding carboxylic acids is 1. The van der Waals surface area contributed by atoms with Gasteiger partial charge in [0.15, 0.2) is 5.82 Å². The van der Waals surface area contributed by atoms with Crippen molar-refractivity contribution in [1.82, 2.24) is 25.9 Å². The average molecular weight is 262 g/mol. The number of aromatic nitrogens is 4. The molecule has 2 aromatic rings. The number of hydrogen-bond donors (Lipinski definition) is 2. The van der Waals surface area contributed by atoms with Crippen LogP contribution in [0.2, 0.25) is 0 Å². The third-order valence-electron chi connectivity index (χ3n) is 2.54. The van der Waals surface area contributed by atoms with Gasteiger partial charge in [-0.2, -0.15) is 5.21 Å². The molecular formula is C10H10N6O3. The number of aromatic amines is 1. The predicted molar refractivity (Wildman–Crippen MR) is 63.2 cm³/mol. The van der Waals surface area contributed by atoms with E-state index in [1.165, 1.54) is 25.1 Å². The van der Waals surface area contributed by atoms with Crippen LogP contribution in [0, 0.1) is 17.0 Å². The van der Waals surface area contributed by atoms with Gasteiger partial charge in [-0.15, -0.1) is 10.2 Å². The first-order valence-corrected chi connectivity index (χ1v) is 5.34. The molecule has 2 N–H and O–H groups in total. The molecule has 1 heterocycles. The van der Waals surface area contributed by atoms with Gasteiger partial charge in [0.1, 0.15) is 0 Å². The highest BCUT2D eigenvalue weighted by Crippen LogP contribution is 2.20. The Hall–Kier alpha value is -2.84. The lowest BCUT2D eigenvalue weighted by Crippen LogP contribution is -2.24. The van der Waals surface area contributed by atoms with Gasteiger partial charge in [-0.3, -0.25) is 14.9 Å². The third-order valence-corrected chi connectivity index (χ3v) is 2.54. The van der Waals surface area contributed by atoms with E-state index in [2.05, 4.69) is 25.9 Å². The van der Waals surface area contributed by atoms with Crippen LogP contribution in [0.25, 0.3) is 0 Å². The van der Waals surface area contributed by atoms with Crippen LogP contribution in [0.5, 0.6) is 0 Å². The zero-order valence-electron chi connectivity index (χ0n) is 9.95. The van der Waals surface area contributed by atoms with Gasteiger partial charge in [-0.1, -0.05) is 11.3 Å². The number of amides is 1. The molecule has 0 aliphatic rings. The maximum atomic E-state index is 11.9. The van der Waals surface area contributed by atoms with Crippen molar-refractivity contribution in [2.75, 3.05) is 0 Å². The molecule has 0 bridgehead atoms. The Morgan fingerprint density at radius 1 is 1.53 bits per heavy atom. The highest BCUT2D eigenvalue weighted by molar-refractivity contribution is 5.96. The molecule has 19 heavy (non-hydrogen) atoms. The summed E-state index contributed by atoms with van der Waals surface area (Å²) in [6.07, 6.45) is 0. The standard InChI is InChI=1S/C10H10N6O3/c1-6-7(3-2-4-8(6)16(18)19)10(17)11-5-9-12-14-15-13-9/h2-4H,5H2,1H3,(H,11,17)(H,12,13,14,15). The van der Waals surface area contributed by atoms with Gasteiger partial charge in [0.05, 0.1) is 11.5 Å². The lowest BCUT2D eigenvalue weighted by atomic mass is 10.1. The van der Waals surface area contributed by atoms with E-state index in [0.29, 0.717) is 11.4 Å². The average Bonchev–Trinajstić information content (AvgIpc) is 2.89. The summed E-state index contributed by atoms with van der Waals surface area (Å²) in [5.74, 6) is -0.0950. The SMILES string of the molecule is Cc1c(C(=O)NCc2nn[nH]n2)cccc1[N+](=O)[O-]. The summed E-state index contributed by atoms with van der Waals surface area (Å²) in [5.41, 5.74) is 0.475. The molecule has 2 rings (SSSR count). The van der Waals surface area contributed by atoms with Crippen LogP contribution in [0.4, 0.5) is 5.69 Å². The summed E-state index contributed by atoms with van der Waals surface area (Å²) >= 11 is 0. The molecule has 98 valence electrons. The minimum atomic E-state index is -0.523. The molecule has 0 aliphatic carbocycles. The highest BCUT2D eigenvalue weighted by atomic mass is 16.6. The molecule has 0 radical (unpaired) electrons. The summed E-state index contributed by atoms with van der Waals surface area (Å²) in [5, 5.41) is 26.3. The van der Waals surface area contributed by atoms with E-state index in [1.807, 2.05) is 0 Å². The maximum absolute atomic E-state index is 11.9. The van der Waals surface area contributed by atoms with Crippen molar-refractivity contribution in [3.8, 4) is 0 Å². The molecule has 0 spiro atoms. The van der Waals surface area contributed by atoms with Crippen molar-refractivity contribution in [2.24, 2.45) is 0 Å². The van der Waals surface area contributed by atoms with Gasteiger partial charge in [0, 0.05) is 17.2 Å². The fourth-order valence-corrected chi connectivity index (χ4v) is 1.58. The second kappa shape index (κ2) is 5.21. The largest absolute Gasteiger partial charge is 0.345 e. The van der Waals surface area contributed by atoms with E-state index < -0.39 is 10.8 Å². The van der Waals surface area contributed by atoms with Gasteiger partial charge in [0.2, 0.25) is 0 Å². The number of nitro benzene ring substituents is 1.